The molecule has 0 aromatic carbocycles. The van der Waals surface area contributed by atoms with E-state index in [2.05, 4.69) is 18.8 Å². The summed E-state index contributed by atoms with van der Waals surface area (Å²) in [5, 5.41) is 0. The summed E-state index contributed by atoms with van der Waals surface area (Å²) in [6.45, 7) is 6.41. The summed E-state index contributed by atoms with van der Waals surface area (Å²) in [5.41, 5.74) is 6.50. The lowest BCUT2D eigenvalue weighted by Gasteiger charge is -1.90. The zero-order valence-corrected chi connectivity index (χ0v) is 8.88. The van der Waals surface area contributed by atoms with E-state index < -0.39 is 0 Å². The summed E-state index contributed by atoms with van der Waals surface area (Å²) in [6.07, 6.45) is 5.78. The van der Waals surface area contributed by atoms with Gasteiger partial charge in [0.25, 0.3) is 0 Å². The average molecular weight is 180 g/mol. The summed E-state index contributed by atoms with van der Waals surface area (Å²) in [4.78, 5) is 3.82. The summed E-state index contributed by atoms with van der Waals surface area (Å²) in [6, 6.07) is 3.75. The number of nitrogens with two attached hydrogens (primary N) is 1. The van der Waals surface area contributed by atoms with Crippen molar-refractivity contribution in [3.63, 3.8) is 0 Å². The van der Waals surface area contributed by atoms with Crippen LogP contribution in [0.25, 0.3) is 0 Å². The van der Waals surface area contributed by atoms with Crippen molar-refractivity contribution in [2.24, 2.45) is 0 Å². The van der Waals surface area contributed by atoms with Crippen molar-refractivity contribution in [1.82, 2.24) is 4.98 Å². The normalized spacial score (nSPS) is 8.85. The van der Waals surface area contributed by atoms with E-state index in [4.69, 9.17) is 5.73 Å². The molecule has 1 aromatic heterocycles. The fraction of sp³-hybridized carbons (Fsp3) is 0.545. The second-order valence-corrected chi connectivity index (χ2v) is 3.11. The van der Waals surface area contributed by atoms with E-state index in [9.17, 15) is 0 Å². The van der Waals surface area contributed by atoms with Gasteiger partial charge in [-0.2, -0.15) is 0 Å². The fourth-order valence-corrected chi connectivity index (χ4v) is 0.913. The maximum Gasteiger partial charge on any atom is 0.123 e. The first-order valence-corrected chi connectivity index (χ1v) is 4.88. The summed E-state index contributed by atoms with van der Waals surface area (Å²) < 4.78 is 0. The first-order valence-electron chi connectivity index (χ1n) is 4.88. The molecule has 1 rings (SSSR count). The van der Waals surface area contributed by atoms with Crippen LogP contribution in [0.4, 0.5) is 5.82 Å². The molecule has 1 heterocycles. The number of unbranched alkanes of at least 4 members (excludes halogenated alkanes) is 2. The van der Waals surface area contributed by atoms with Gasteiger partial charge in [0.2, 0.25) is 0 Å². The molecule has 0 aliphatic rings. The van der Waals surface area contributed by atoms with Crippen LogP contribution in [0.1, 0.15) is 38.7 Å². The van der Waals surface area contributed by atoms with E-state index in [0.717, 1.165) is 5.56 Å². The Morgan fingerprint density at radius 1 is 1.31 bits per heavy atom. The van der Waals surface area contributed by atoms with Crippen molar-refractivity contribution in [2.45, 2.75) is 40.0 Å². The molecule has 1 aromatic rings. The second kappa shape index (κ2) is 7.59. The summed E-state index contributed by atoms with van der Waals surface area (Å²) in [5.74, 6) is 0.588. The molecule has 2 nitrogen and oxygen atoms in total. The number of nitrogens with zero attached hydrogens (tertiary/aromatic N) is 1. The number of aryl methyl sites for hydroxylation is 1. The molecule has 2 N–H and O–H groups in total. The van der Waals surface area contributed by atoms with Crippen molar-refractivity contribution in [3.05, 3.63) is 23.9 Å². The Morgan fingerprint density at radius 3 is 2.15 bits per heavy atom. The topological polar surface area (TPSA) is 38.9 Å². The number of anilines is 1. The van der Waals surface area contributed by atoms with Crippen molar-refractivity contribution in [2.75, 3.05) is 5.73 Å². The van der Waals surface area contributed by atoms with Crippen molar-refractivity contribution < 1.29 is 0 Å². The summed E-state index contributed by atoms with van der Waals surface area (Å²) in [7, 11) is 0. The average Bonchev–Trinajstić information content (AvgIpc) is 2.06. The number of hydrogen-bond acceptors (Lipinski definition) is 2. The molecule has 0 fully saturated rings. The maximum absolute atomic E-state index is 5.35. The zero-order valence-electron chi connectivity index (χ0n) is 8.88. The number of hydrogen-bond donors (Lipinski definition) is 1. The van der Waals surface area contributed by atoms with Gasteiger partial charge in [-0.3, -0.25) is 0 Å². The van der Waals surface area contributed by atoms with Crippen molar-refractivity contribution in [1.29, 1.82) is 0 Å². The second-order valence-electron chi connectivity index (χ2n) is 3.11. The monoisotopic (exact) mass is 180 g/mol. The van der Waals surface area contributed by atoms with Crippen LogP contribution in [0, 0.1) is 6.92 Å². The van der Waals surface area contributed by atoms with E-state index >= 15 is 0 Å². The van der Waals surface area contributed by atoms with Crippen LogP contribution < -0.4 is 5.73 Å². The van der Waals surface area contributed by atoms with E-state index in [1.54, 1.807) is 6.20 Å². The SMILES string of the molecule is CCCCC.Cc1ccnc(N)c1. The minimum Gasteiger partial charge on any atom is -0.384 e. The van der Waals surface area contributed by atoms with E-state index in [1.807, 2.05) is 19.1 Å². The number of nitrogen functional groups attached to an aromatic ring is 1. The number of rotatable bonds is 2. The van der Waals surface area contributed by atoms with E-state index in [0.29, 0.717) is 5.82 Å². The first kappa shape index (κ1) is 11.9. The highest BCUT2D eigenvalue weighted by Gasteiger charge is 1.82. The molecular weight excluding hydrogens is 160 g/mol. The molecule has 0 bridgehead atoms. The Morgan fingerprint density at radius 2 is 1.92 bits per heavy atom. The highest BCUT2D eigenvalue weighted by molar-refractivity contribution is 5.30. The highest BCUT2D eigenvalue weighted by Crippen LogP contribution is 1.98. The van der Waals surface area contributed by atoms with Gasteiger partial charge in [-0.25, -0.2) is 4.98 Å². The van der Waals surface area contributed by atoms with Crippen LogP contribution in [-0.2, 0) is 0 Å². The Hall–Kier alpha value is -1.05. The Balaban J connectivity index is 0.000000252. The van der Waals surface area contributed by atoms with Gasteiger partial charge in [0.05, 0.1) is 0 Å². The van der Waals surface area contributed by atoms with Gasteiger partial charge in [0, 0.05) is 6.20 Å². The van der Waals surface area contributed by atoms with Crippen LogP contribution in [0.3, 0.4) is 0 Å². The fourth-order valence-electron chi connectivity index (χ4n) is 0.913. The highest BCUT2D eigenvalue weighted by atomic mass is 14.8. The minimum absolute atomic E-state index is 0.588. The van der Waals surface area contributed by atoms with Crippen molar-refractivity contribution >= 4 is 5.82 Å². The maximum atomic E-state index is 5.35. The number of pyridine rings is 1. The van der Waals surface area contributed by atoms with Gasteiger partial charge < -0.3 is 5.73 Å². The predicted octanol–water partition coefficient (Wildman–Crippen LogP) is 3.17. The molecular formula is C11H20N2. The molecule has 13 heavy (non-hydrogen) atoms. The molecule has 0 amide bonds. The summed E-state index contributed by atoms with van der Waals surface area (Å²) >= 11 is 0. The molecule has 2 heteroatoms. The first-order chi connectivity index (χ1) is 6.20. The van der Waals surface area contributed by atoms with Crippen LogP contribution in [0.2, 0.25) is 0 Å². The van der Waals surface area contributed by atoms with Crippen LogP contribution in [0.15, 0.2) is 18.3 Å². The van der Waals surface area contributed by atoms with Crippen molar-refractivity contribution in [3.8, 4) is 0 Å². The van der Waals surface area contributed by atoms with Gasteiger partial charge in [0.15, 0.2) is 0 Å². The molecule has 0 saturated carbocycles. The molecule has 74 valence electrons. The molecule has 0 aliphatic carbocycles. The third-order valence-corrected chi connectivity index (χ3v) is 1.64. The minimum atomic E-state index is 0.588. The standard InChI is InChI=1S/C6H8N2.C5H12/c1-5-2-3-8-6(7)4-5;1-3-5-4-2/h2-4H,1H3,(H2,7,8);3-5H2,1-2H3. The zero-order chi connectivity index (χ0) is 10.1. The van der Waals surface area contributed by atoms with Gasteiger partial charge in [0.1, 0.15) is 5.82 Å². The lowest BCUT2D eigenvalue weighted by atomic mass is 10.3. The smallest absolute Gasteiger partial charge is 0.123 e. The van der Waals surface area contributed by atoms with Gasteiger partial charge >= 0.3 is 0 Å². The Kier molecular flexibility index (Phi) is 6.98. The molecule has 0 radical (unpaired) electrons. The third-order valence-electron chi connectivity index (χ3n) is 1.64. The van der Waals surface area contributed by atoms with E-state index in [-0.39, 0.29) is 0 Å². The molecule has 0 spiro atoms. The Bertz CT molecular complexity index is 202. The van der Waals surface area contributed by atoms with Crippen LogP contribution in [-0.4, -0.2) is 4.98 Å². The molecule has 0 unspecified atom stereocenters. The lowest BCUT2D eigenvalue weighted by molar-refractivity contribution is 0.772. The van der Waals surface area contributed by atoms with Gasteiger partial charge in [-0.05, 0) is 24.6 Å². The largest absolute Gasteiger partial charge is 0.384 e. The van der Waals surface area contributed by atoms with Gasteiger partial charge in [-0.15, -0.1) is 0 Å². The van der Waals surface area contributed by atoms with Crippen LogP contribution >= 0.6 is 0 Å². The lowest BCUT2D eigenvalue weighted by Crippen LogP contribution is -1.87. The van der Waals surface area contributed by atoms with E-state index in [1.165, 1.54) is 19.3 Å². The Labute approximate surface area is 81.2 Å². The number of aromatic nitrogens is 1. The quantitative estimate of drug-likeness (QED) is 0.759. The molecule has 0 atom stereocenters. The third kappa shape index (κ3) is 7.32. The van der Waals surface area contributed by atoms with Crippen LogP contribution in [0.5, 0.6) is 0 Å². The van der Waals surface area contributed by atoms with Gasteiger partial charge in [-0.1, -0.05) is 33.1 Å². The molecule has 0 aliphatic heterocycles. The molecule has 0 saturated heterocycles. The predicted molar refractivity (Wildman–Crippen MR) is 58.6 cm³/mol.